The lowest BCUT2D eigenvalue weighted by molar-refractivity contribution is 0.458. The summed E-state index contributed by atoms with van der Waals surface area (Å²) in [6.45, 7) is 2.14. The van der Waals surface area contributed by atoms with Crippen LogP contribution in [-0.4, -0.2) is 10.1 Å². The molecule has 2 heterocycles. The number of benzene rings is 3. The Labute approximate surface area is 200 Å². The highest BCUT2D eigenvalue weighted by molar-refractivity contribution is 8.16. The Balaban J connectivity index is 1.49. The van der Waals surface area contributed by atoms with Crippen molar-refractivity contribution in [3.63, 3.8) is 0 Å². The van der Waals surface area contributed by atoms with E-state index in [1.54, 1.807) is 11.8 Å². The quantitative estimate of drug-likeness (QED) is 0.405. The fraction of sp³-hybridized carbons (Fsp3) is 0.167. The van der Waals surface area contributed by atoms with Crippen molar-refractivity contribution in [2.75, 3.05) is 0 Å². The summed E-state index contributed by atoms with van der Waals surface area (Å²) >= 11 is 1.75. The van der Waals surface area contributed by atoms with Gasteiger partial charge in [0.2, 0.25) is 0 Å². The smallest absolute Gasteiger partial charge is 0.174 e. The highest BCUT2D eigenvalue weighted by Gasteiger charge is 2.40. The van der Waals surface area contributed by atoms with Gasteiger partial charge in [0, 0.05) is 5.41 Å². The third kappa shape index (κ3) is 3.77. The minimum absolute atomic E-state index is 0.177. The second kappa shape index (κ2) is 8.57. The zero-order valence-corrected chi connectivity index (χ0v) is 19.6. The van der Waals surface area contributed by atoms with E-state index in [9.17, 15) is 0 Å². The Morgan fingerprint density at radius 2 is 1.61 bits per heavy atom. The molecule has 3 aliphatic rings. The SMILES string of the molecule is Cc1ccc(C2=CSC3=NC4=C(CCC/C4=C\c4ccccc4)C(c4ccccc4)N23)cc1. The van der Waals surface area contributed by atoms with Gasteiger partial charge >= 0.3 is 0 Å². The molecule has 3 heteroatoms. The van der Waals surface area contributed by atoms with Crippen molar-refractivity contribution in [2.45, 2.75) is 32.2 Å². The number of amidine groups is 1. The first-order valence-corrected chi connectivity index (χ1v) is 12.5. The zero-order chi connectivity index (χ0) is 22.2. The molecule has 3 aromatic rings. The van der Waals surface area contributed by atoms with Gasteiger partial charge in [-0.05, 0) is 60.1 Å². The van der Waals surface area contributed by atoms with Crippen molar-refractivity contribution >= 4 is 28.7 Å². The predicted molar refractivity (Wildman–Crippen MR) is 140 cm³/mol. The molecule has 0 amide bonds. The number of hydrogen-bond acceptors (Lipinski definition) is 3. The summed E-state index contributed by atoms with van der Waals surface area (Å²) in [6.07, 6.45) is 5.66. The Hall–Kier alpha value is -3.30. The van der Waals surface area contributed by atoms with Crippen LogP contribution in [0.25, 0.3) is 11.8 Å². The number of aryl methyl sites for hydroxylation is 1. The van der Waals surface area contributed by atoms with Gasteiger partial charge in [-0.25, -0.2) is 4.99 Å². The maximum Gasteiger partial charge on any atom is 0.174 e. The van der Waals surface area contributed by atoms with Crippen LogP contribution in [0.3, 0.4) is 0 Å². The van der Waals surface area contributed by atoms with E-state index < -0.39 is 0 Å². The van der Waals surface area contributed by atoms with Crippen molar-refractivity contribution < 1.29 is 0 Å². The summed E-state index contributed by atoms with van der Waals surface area (Å²) in [5.41, 5.74) is 10.4. The standard InChI is InChI=1S/C30H26N2S/c1-21-15-17-23(18-16-21)27-20-33-30-31-28-25(19-22-9-4-2-5-10-22)13-8-14-26(28)29(32(27)30)24-11-6-3-7-12-24/h2-7,9-12,15-20,29H,8,13-14H2,1H3/b25-19+. The topological polar surface area (TPSA) is 15.6 Å². The van der Waals surface area contributed by atoms with Crippen molar-refractivity contribution in [1.29, 1.82) is 0 Å². The largest absolute Gasteiger partial charge is 0.308 e. The number of rotatable bonds is 3. The van der Waals surface area contributed by atoms with Crippen LogP contribution in [0.1, 0.15) is 47.6 Å². The molecule has 33 heavy (non-hydrogen) atoms. The number of hydrogen-bond donors (Lipinski definition) is 0. The molecule has 0 spiro atoms. The molecule has 0 bridgehead atoms. The lowest BCUT2D eigenvalue weighted by Crippen LogP contribution is -2.34. The predicted octanol–water partition coefficient (Wildman–Crippen LogP) is 7.97. The lowest BCUT2D eigenvalue weighted by atomic mass is 9.83. The molecule has 0 radical (unpaired) electrons. The number of thioether (sulfide) groups is 1. The maximum atomic E-state index is 5.28. The van der Waals surface area contributed by atoms with E-state index >= 15 is 0 Å². The van der Waals surface area contributed by atoms with Gasteiger partial charge in [-0.15, -0.1) is 0 Å². The first-order chi connectivity index (χ1) is 16.3. The van der Waals surface area contributed by atoms with E-state index in [1.165, 1.54) is 44.8 Å². The first kappa shape index (κ1) is 20.3. The second-order valence-corrected chi connectivity index (χ2v) is 9.71. The molecule has 2 aliphatic heterocycles. The lowest BCUT2D eigenvalue weighted by Gasteiger charge is -2.40. The molecule has 0 fully saturated rings. The fourth-order valence-corrected chi connectivity index (χ4v) is 5.96. The maximum absolute atomic E-state index is 5.28. The van der Waals surface area contributed by atoms with E-state index in [0.29, 0.717) is 0 Å². The molecule has 3 aromatic carbocycles. The molecule has 6 rings (SSSR count). The molecule has 0 N–H and O–H groups in total. The highest BCUT2D eigenvalue weighted by Crippen LogP contribution is 2.51. The summed E-state index contributed by atoms with van der Waals surface area (Å²) in [7, 11) is 0. The zero-order valence-electron chi connectivity index (χ0n) is 18.7. The fourth-order valence-electron chi connectivity index (χ4n) is 5.04. The summed E-state index contributed by atoms with van der Waals surface area (Å²) in [5, 5.41) is 3.36. The van der Waals surface area contributed by atoms with E-state index in [4.69, 9.17) is 4.99 Å². The molecule has 1 atom stereocenters. The van der Waals surface area contributed by atoms with Crippen LogP contribution < -0.4 is 0 Å². The molecular weight excluding hydrogens is 420 g/mol. The molecule has 2 nitrogen and oxygen atoms in total. The van der Waals surface area contributed by atoms with Crippen LogP contribution in [-0.2, 0) is 0 Å². The molecular formula is C30H26N2S. The van der Waals surface area contributed by atoms with Gasteiger partial charge in [0.05, 0.1) is 17.4 Å². The Bertz CT molecular complexity index is 1300. The van der Waals surface area contributed by atoms with E-state index in [1.807, 2.05) is 0 Å². The average molecular weight is 447 g/mol. The van der Waals surface area contributed by atoms with Crippen molar-refractivity contribution in [1.82, 2.24) is 4.90 Å². The summed E-state index contributed by atoms with van der Waals surface area (Å²) in [5.74, 6) is 0. The monoisotopic (exact) mass is 446 g/mol. The minimum atomic E-state index is 0.177. The summed E-state index contributed by atoms with van der Waals surface area (Å²) in [4.78, 5) is 7.74. The Morgan fingerprint density at radius 1 is 0.879 bits per heavy atom. The first-order valence-electron chi connectivity index (χ1n) is 11.6. The van der Waals surface area contributed by atoms with Gasteiger partial charge in [0.25, 0.3) is 0 Å². The van der Waals surface area contributed by atoms with Gasteiger partial charge in [-0.2, -0.15) is 0 Å². The van der Waals surface area contributed by atoms with Crippen LogP contribution in [0.5, 0.6) is 0 Å². The van der Waals surface area contributed by atoms with Crippen molar-refractivity contribution in [3.8, 4) is 0 Å². The van der Waals surface area contributed by atoms with Gasteiger partial charge in [0.15, 0.2) is 5.17 Å². The van der Waals surface area contributed by atoms with Gasteiger partial charge < -0.3 is 4.90 Å². The van der Waals surface area contributed by atoms with Crippen LogP contribution in [0.4, 0.5) is 0 Å². The van der Waals surface area contributed by atoms with Gasteiger partial charge in [0.1, 0.15) is 0 Å². The minimum Gasteiger partial charge on any atom is -0.308 e. The number of nitrogens with zero attached hydrogens (tertiary/aromatic N) is 2. The van der Waals surface area contributed by atoms with E-state index in [-0.39, 0.29) is 6.04 Å². The molecule has 162 valence electrons. The second-order valence-electron chi connectivity index (χ2n) is 8.87. The number of fused-ring (bicyclic) bond motifs is 1. The van der Waals surface area contributed by atoms with Crippen LogP contribution in [0, 0.1) is 6.92 Å². The van der Waals surface area contributed by atoms with Gasteiger partial charge in [-0.1, -0.05) is 102 Å². The van der Waals surface area contributed by atoms with Crippen molar-refractivity contribution in [3.05, 3.63) is 129 Å². The third-order valence-electron chi connectivity index (χ3n) is 6.64. The van der Waals surface area contributed by atoms with E-state index in [2.05, 4.69) is 108 Å². The van der Waals surface area contributed by atoms with Crippen molar-refractivity contribution in [2.24, 2.45) is 4.99 Å². The molecule has 1 aliphatic carbocycles. The summed E-state index contributed by atoms with van der Waals surface area (Å²) in [6, 6.07) is 30.6. The Morgan fingerprint density at radius 3 is 2.36 bits per heavy atom. The molecule has 0 saturated heterocycles. The molecule has 1 unspecified atom stereocenters. The Kier molecular flexibility index (Phi) is 5.27. The van der Waals surface area contributed by atoms with Crippen LogP contribution >= 0.6 is 11.8 Å². The molecule has 0 aromatic heterocycles. The van der Waals surface area contributed by atoms with Gasteiger partial charge in [-0.3, -0.25) is 0 Å². The normalized spacial score (nSPS) is 20.9. The van der Waals surface area contributed by atoms with E-state index in [0.717, 1.165) is 24.4 Å². The summed E-state index contributed by atoms with van der Waals surface area (Å²) < 4.78 is 0. The average Bonchev–Trinajstić information content (AvgIpc) is 3.28. The van der Waals surface area contributed by atoms with Crippen LogP contribution in [0.2, 0.25) is 0 Å². The highest BCUT2D eigenvalue weighted by atomic mass is 32.2. The number of allylic oxidation sites excluding steroid dienone is 1. The molecule has 0 saturated carbocycles. The number of aliphatic imine (C=N–C) groups is 1. The van der Waals surface area contributed by atoms with Crippen LogP contribution in [0.15, 0.2) is 112 Å². The third-order valence-corrected chi connectivity index (χ3v) is 7.48.